The largest absolute Gasteiger partial charge is 0.497 e. The van der Waals surface area contributed by atoms with Crippen molar-refractivity contribution >= 4 is 5.97 Å². The Morgan fingerprint density at radius 3 is 2.75 bits per heavy atom. The number of rotatable bonds is 4. The summed E-state index contributed by atoms with van der Waals surface area (Å²) in [6.45, 7) is 0. The Balaban J connectivity index is 2.39. The predicted molar refractivity (Wildman–Crippen MR) is 56.1 cm³/mol. The van der Waals surface area contributed by atoms with E-state index in [1.165, 1.54) is 25.3 Å². The maximum atomic E-state index is 13.6. The topological polar surface area (TPSA) is 46.5 Å². The summed E-state index contributed by atoms with van der Waals surface area (Å²) in [5, 5.41) is 9.12. The van der Waals surface area contributed by atoms with E-state index in [1.54, 1.807) is 0 Å². The summed E-state index contributed by atoms with van der Waals surface area (Å²) in [5.41, 5.74) is 0.231. The fraction of sp³-hybridized carbons (Fsp3) is 0.417. The molecule has 1 atom stereocenters. The van der Waals surface area contributed by atoms with Crippen molar-refractivity contribution in [2.45, 2.75) is 18.8 Å². The highest BCUT2D eigenvalue weighted by Crippen LogP contribution is 2.44. The lowest BCUT2D eigenvalue weighted by molar-refractivity contribution is -0.139. The molecule has 1 N–H and O–H groups in total. The van der Waals surface area contributed by atoms with Crippen LogP contribution in [0, 0.1) is 11.7 Å². The first-order valence-corrected chi connectivity index (χ1v) is 5.19. The van der Waals surface area contributed by atoms with E-state index in [1.807, 2.05) is 0 Å². The molecule has 0 aromatic heterocycles. The number of carbonyl (C=O) groups is 1. The molecular weight excluding hydrogens is 211 g/mol. The zero-order chi connectivity index (χ0) is 11.7. The molecule has 0 spiro atoms. The Morgan fingerprint density at radius 1 is 1.56 bits per heavy atom. The van der Waals surface area contributed by atoms with E-state index < -0.39 is 17.7 Å². The van der Waals surface area contributed by atoms with Crippen molar-refractivity contribution in [1.29, 1.82) is 0 Å². The molecule has 1 aromatic rings. The molecule has 3 nitrogen and oxygen atoms in total. The minimum Gasteiger partial charge on any atom is -0.497 e. The van der Waals surface area contributed by atoms with Gasteiger partial charge in [0.1, 0.15) is 11.6 Å². The third-order valence-corrected chi connectivity index (χ3v) is 2.90. The van der Waals surface area contributed by atoms with Crippen molar-refractivity contribution in [2.24, 2.45) is 5.92 Å². The number of hydrogen-bond donors (Lipinski definition) is 1. The second kappa shape index (κ2) is 4.12. The third-order valence-electron chi connectivity index (χ3n) is 2.90. The zero-order valence-electron chi connectivity index (χ0n) is 8.94. The Labute approximate surface area is 92.9 Å². The first-order chi connectivity index (χ1) is 7.63. The Bertz CT molecular complexity index is 413. The van der Waals surface area contributed by atoms with Crippen LogP contribution in [0.2, 0.25) is 0 Å². The van der Waals surface area contributed by atoms with Crippen molar-refractivity contribution in [2.75, 3.05) is 7.11 Å². The van der Waals surface area contributed by atoms with Crippen LogP contribution >= 0.6 is 0 Å². The van der Waals surface area contributed by atoms with E-state index in [2.05, 4.69) is 0 Å². The van der Waals surface area contributed by atoms with E-state index in [9.17, 15) is 9.18 Å². The highest BCUT2D eigenvalue weighted by molar-refractivity contribution is 5.77. The van der Waals surface area contributed by atoms with E-state index in [0.29, 0.717) is 5.75 Å². The van der Waals surface area contributed by atoms with Crippen LogP contribution in [0.5, 0.6) is 5.75 Å². The number of carboxylic acid groups (broad SMARTS) is 1. The second-order valence-electron chi connectivity index (χ2n) is 4.04. The molecule has 1 aromatic carbocycles. The van der Waals surface area contributed by atoms with Gasteiger partial charge in [-0.2, -0.15) is 0 Å². The predicted octanol–water partition coefficient (Wildman–Crippen LogP) is 2.41. The normalized spacial score (nSPS) is 16.9. The van der Waals surface area contributed by atoms with Crippen LogP contribution in [0.3, 0.4) is 0 Å². The Kier molecular flexibility index (Phi) is 2.81. The molecule has 4 heteroatoms. The molecule has 0 aliphatic heterocycles. The molecule has 16 heavy (non-hydrogen) atoms. The molecule has 0 bridgehead atoms. The molecule has 1 aliphatic rings. The van der Waals surface area contributed by atoms with Crippen molar-refractivity contribution < 1.29 is 19.0 Å². The quantitative estimate of drug-likeness (QED) is 0.854. The second-order valence-corrected chi connectivity index (χ2v) is 4.04. The molecular formula is C12H13FO3. The van der Waals surface area contributed by atoms with Crippen LogP contribution in [0.4, 0.5) is 4.39 Å². The lowest BCUT2D eigenvalue weighted by Crippen LogP contribution is -2.15. The highest BCUT2D eigenvalue weighted by atomic mass is 19.1. The van der Waals surface area contributed by atoms with Crippen molar-refractivity contribution in [3.05, 3.63) is 29.6 Å². The van der Waals surface area contributed by atoms with Gasteiger partial charge in [-0.3, -0.25) is 4.79 Å². The van der Waals surface area contributed by atoms with Crippen molar-refractivity contribution in [3.63, 3.8) is 0 Å². The van der Waals surface area contributed by atoms with Gasteiger partial charge in [0, 0.05) is 5.56 Å². The summed E-state index contributed by atoms with van der Waals surface area (Å²) in [4.78, 5) is 11.1. The van der Waals surface area contributed by atoms with Crippen molar-refractivity contribution in [3.8, 4) is 5.75 Å². The molecule has 1 fully saturated rings. The summed E-state index contributed by atoms with van der Waals surface area (Å²) in [6.07, 6.45) is 1.71. The Morgan fingerprint density at radius 2 is 2.25 bits per heavy atom. The van der Waals surface area contributed by atoms with E-state index in [4.69, 9.17) is 9.84 Å². The van der Waals surface area contributed by atoms with Gasteiger partial charge < -0.3 is 9.84 Å². The van der Waals surface area contributed by atoms with Gasteiger partial charge in [0.15, 0.2) is 0 Å². The molecule has 0 amide bonds. The monoisotopic (exact) mass is 224 g/mol. The van der Waals surface area contributed by atoms with Crippen LogP contribution in [-0.2, 0) is 4.79 Å². The van der Waals surface area contributed by atoms with Crippen LogP contribution in [0.15, 0.2) is 18.2 Å². The summed E-state index contributed by atoms with van der Waals surface area (Å²) in [6, 6.07) is 4.23. The SMILES string of the molecule is COc1ccc(F)c(C(C(=O)O)C2CC2)c1. The highest BCUT2D eigenvalue weighted by Gasteiger charge is 2.38. The molecule has 0 heterocycles. The number of ether oxygens (including phenoxy) is 1. The van der Waals surface area contributed by atoms with Gasteiger partial charge in [0.25, 0.3) is 0 Å². The standard InChI is InChI=1S/C12H13FO3/c1-16-8-4-5-10(13)9(6-8)11(12(14)15)7-2-3-7/h4-7,11H,2-3H2,1H3,(H,14,15). The molecule has 0 saturated heterocycles. The molecule has 1 saturated carbocycles. The van der Waals surface area contributed by atoms with Crippen LogP contribution in [-0.4, -0.2) is 18.2 Å². The van der Waals surface area contributed by atoms with Gasteiger partial charge in [0.05, 0.1) is 13.0 Å². The number of benzene rings is 1. The lowest BCUT2D eigenvalue weighted by atomic mass is 9.93. The summed E-state index contributed by atoms with van der Waals surface area (Å²) in [5.74, 6) is -1.62. The van der Waals surface area contributed by atoms with Gasteiger partial charge in [-0.15, -0.1) is 0 Å². The molecule has 2 rings (SSSR count). The van der Waals surface area contributed by atoms with Gasteiger partial charge in [0.2, 0.25) is 0 Å². The molecule has 1 aliphatic carbocycles. The third kappa shape index (κ3) is 2.01. The van der Waals surface area contributed by atoms with Gasteiger partial charge in [-0.05, 0) is 37.0 Å². The maximum absolute atomic E-state index is 13.6. The number of carboxylic acids is 1. The molecule has 0 radical (unpaired) electrons. The minimum atomic E-state index is -0.963. The summed E-state index contributed by atoms with van der Waals surface area (Å²) < 4.78 is 18.6. The van der Waals surface area contributed by atoms with Crippen LogP contribution in [0.1, 0.15) is 24.3 Å². The smallest absolute Gasteiger partial charge is 0.311 e. The first kappa shape index (κ1) is 10.9. The zero-order valence-corrected chi connectivity index (χ0v) is 8.94. The summed E-state index contributed by atoms with van der Waals surface area (Å²) >= 11 is 0. The Hall–Kier alpha value is -1.58. The fourth-order valence-electron chi connectivity index (χ4n) is 1.91. The minimum absolute atomic E-state index is 0.0686. The van der Waals surface area contributed by atoms with Gasteiger partial charge in [-0.25, -0.2) is 4.39 Å². The van der Waals surface area contributed by atoms with Crippen molar-refractivity contribution in [1.82, 2.24) is 0 Å². The fourth-order valence-corrected chi connectivity index (χ4v) is 1.91. The average Bonchev–Trinajstić information content (AvgIpc) is 3.05. The number of hydrogen-bond acceptors (Lipinski definition) is 2. The molecule has 1 unspecified atom stereocenters. The van der Waals surface area contributed by atoms with E-state index in [-0.39, 0.29) is 11.5 Å². The van der Waals surface area contributed by atoms with Crippen LogP contribution < -0.4 is 4.74 Å². The number of methoxy groups -OCH3 is 1. The van der Waals surface area contributed by atoms with Crippen LogP contribution in [0.25, 0.3) is 0 Å². The van der Waals surface area contributed by atoms with E-state index in [0.717, 1.165) is 12.8 Å². The van der Waals surface area contributed by atoms with Gasteiger partial charge in [-0.1, -0.05) is 0 Å². The number of halogens is 1. The molecule has 86 valence electrons. The van der Waals surface area contributed by atoms with Gasteiger partial charge >= 0.3 is 5.97 Å². The maximum Gasteiger partial charge on any atom is 0.311 e. The summed E-state index contributed by atoms with van der Waals surface area (Å²) in [7, 11) is 1.48. The average molecular weight is 224 g/mol. The number of aliphatic carboxylic acids is 1. The lowest BCUT2D eigenvalue weighted by Gasteiger charge is -2.13. The van der Waals surface area contributed by atoms with E-state index >= 15 is 0 Å². The first-order valence-electron chi connectivity index (χ1n) is 5.19.